The molecule has 15 heavy (non-hydrogen) atoms. The predicted molar refractivity (Wildman–Crippen MR) is 65.3 cm³/mol. The Hall–Kier alpha value is -1.28. The Morgan fingerprint density at radius 3 is 2.87 bits per heavy atom. The monoisotopic (exact) mass is 205 g/mol. The van der Waals surface area contributed by atoms with Crippen LogP contribution in [0.1, 0.15) is 12.5 Å². The summed E-state index contributed by atoms with van der Waals surface area (Å²) < 4.78 is 5.08. The average molecular weight is 205 g/mol. The minimum atomic E-state index is 0.766. The van der Waals surface area contributed by atoms with Crippen LogP contribution < -0.4 is 5.32 Å². The zero-order valence-corrected chi connectivity index (χ0v) is 9.49. The van der Waals surface area contributed by atoms with Gasteiger partial charge in [0.05, 0.1) is 6.61 Å². The zero-order chi connectivity index (χ0) is 10.9. The molecular formula is C13H19NO. The number of hydrogen-bond donors (Lipinski definition) is 1. The van der Waals surface area contributed by atoms with Gasteiger partial charge in [0.1, 0.15) is 0 Å². The van der Waals surface area contributed by atoms with Crippen LogP contribution in [0.2, 0.25) is 0 Å². The van der Waals surface area contributed by atoms with Gasteiger partial charge in [-0.2, -0.15) is 0 Å². The minimum absolute atomic E-state index is 0.766. The number of benzene rings is 1. The molecule has 0 fully saturated rings. The molecule has 1 N–H and O–H groups in total. The van der Waals surface area contributed by atoms with Gasteiger partial charge in [0.2, 0.25) is 0 Å². The molecule has 1 aromatic rings. The van der Waals surface area contributed by atoms with E-state index in [9.17, 15) is 0 Å². The summed E-state index contributed by atoms with van der Waals surface area (Å²) >= 11 is 0. The molecule has 0 spiro atoms. The van der Waals surface area contributed by atoms with Crippen LogP contribution in [0, 0.1) is 0 Å². The van der Waals surface area contributed by atoms with E-state index in [2.05, 4.69) is 29.6 Å². The van der Waals surface area contributed by atoms with E-state index in [1.807, 2.05) is 19.1 Å². The number of nitrogens with one attached hydrogen (secondary N) is 1. The molecular weight excluding hydrogens is 186 g/mol. The number of ether oxygens (including phenoxy) is 1. The molecule has 0 unspecified atom stereocenters. The molecule has 0 aliphatic carbocycles. The maximum atomic E-state index is 5.08. The summed E-state index contributed by atoms with van der Waals surface area (Å²) in [6.07, 6.45) is 5.10. The third-order valence-corrected chi connectivity index (χ3v) is 2.24. The topological polar surface area (TPSA) is 21.3 Å². The quantitative estimate of drug-likeness (QED) is 0.721. The third-order valence-electron chi connectivity index (χ3n) is 2.24. The molecule has 82 valence electrons. The Balaban J connectivity index is 2.59. The minimum Gasteiger partial charge on any atom is -0.384 e. The fourth-order valence-corrected chi connectivity index (χ4v) is 1.41. The summed E-state index contributed by atoms with van der Waals surface area (Å²) in [4.78, 5) is 0. The van der Waals surface area contributed by atoms with E-state index < -0.39 is 0 Å². The first-order valence-corrected chi connectivity index (χ1v) is 5.30. The highest BCUT2D eigenvalue weighted by atomic mass is 16.5. The van der Waals surface area contributed by atoms with Crippen molar-refractivity contribution in [3.63, 3.8) is 0 Å². The summed E-state index contributed by atoms with van der Waals surface area (Å²) in [5, 5.41) is 3.38. The molecule has 0 atom stereocenters. The highest BCUT2D eigenvalue weighted by Crippen LogP contribution is 2.15. The van der Waals surface area contributed by atoms with Gasteiger partial charge in [-0.3, -0.25) is 0 Å². The lowest BCUT2D eigenvalue weighted by Gasteiger charge is -2.09. The van der Waals surface area contributed by atoms with E-state index >= 15 is 0 Å². The van der Waals surface area contributed by atoms with Crippen LogP contribution in [-0.2, 0) is 11.2 Å². The molecule has 0 aliphatic heterocycles. The Morgan fingerprint density at radius 1 is 1.33 bits per heavy atom. The molecule has 0 heterocycles. The lowest BCUT2D eigenvalue weighted by Crippen LogP contribution is -2.03. The number of methoxy groups -OCH3 is 1. The Labute approximate surface area is 92.0 Å². The van der Waals surface area contributed by atoms with Gasteiger partial charge in [-0.1, -0.05) is 30.4 Å². The maximum Gasteiger partial charge on any atom is 0.0503 e. The van der Waals surface area contributed by atoms with E-state index in [4.69, 9.17) is 4.74 Å². The van der Waals surface area contributed by atoms with E-state index in [0.29, 0.717) is 0 Å². The van der Waals surface area contributed by atoms with Crippen molar-refractivity contribution >= 4 is 5.69 Å². The molecule has 0 aliphatic rings. The van der Waals surface area contributed by atoms with Crippen molar-refractivity contribution in [2.75, 3.05) is 25.6 Å². The van der Waals surface area contributed by atoms with E-state index in [1.165, 1.54) is 11.3 Å². The van der Waals surface area contributed by atoms with Gasteiger partial charge >= 0.3 is 0 Å². The molecule has 1 rings (SSSR count). The predicted octanol–water partition coefficient (Wildman–Crippen LogP) is 2.86. The van der Waals surface area contributed by atoms with Gasteiger partial charge in [0.15, 0.2) is 0 Å². The first kappa shape index (κ1) is 11.8. The van der Waals surface area contributed by atoms with Gasteiger partial charge < -0.3 is 10.1 Å². The molecule has 2 heteroatoms. The molecule has 2 nitrogen and oxygen atoms in total. The smallest absolute Gasteiger partial charge is 0.0503 e. The van der Waals surface area contributed by atoms with Crippen molar-refractivity contribution in [2.24, 2.45) is 0 Å². The first-order valence-electron chi connectivity index (χ1n) is 5.30. The molecule has 0 saturated carbocycles. The number of anilines is 1. The molecule has 0 radical (unpaired) electrons. The third kappa shape index (κ3) is 4.17. The SMILES string of the molecule is C/C=C/CNc1ccccc1CCOC. The van der Waals surface area contributed by atoms with E-state index in [-0.39, 0.29) is 0 Å². The molecule has 0 amide bonds. The van der Waals surface area contributed by atoms with Crippen LogP contribution >= 0.6 is 0 Å². The fraction of sp³-hybridized carbons (Fsp3) is 0.385. The lowest BCUT2D eigenvalue weighted by molar-refractivity contribution is 0.202. The molecule has 1 aromatic carbocycles. The summed E-state index contributed by atoms with van der Waals surface area (Å²) in [7, 11) is 1.73. The largest absolute Gasteiger partial charge is 0.384 e. The van der Waals surface area contributed by atoms with Crippen LogP contribution in [0.25, 0.3) is 0 Å². The summed E-state index contributed by atoms with van der Waals surface area (Å²) in [6, 6.07) is 8.35. The molecule has 0 aromatic heterocycles. The van der Waals surface area contributed by atoms with Crippen LogP contribution in [-0.4, -0.2) is 20.3 Å². The molecule has 0 bridgehead atoms. The average Bonchev–Trinajstić information content (AvgIpc) is 2.28. The van der Waals surface area contributed by atoms with Crippen molar-refractivity contribution in [1.29, 1.82) is 0 Å². The van der Waals surface area contributed by atoms with Gasteiger partial charge in [0.25, 0.3) is 0 Å². The highest BCUT2D eigenvalue weighted by molar-refractivity contribution is 5.51. The van der Waals surface area contributed by atoms with E-state index in [1.54, 1.807) is 7.11 Å². The summed E-state index contributed by atoms with van der Waals surface area (Å²) in [5.41, 5.74) is 2.51. The second kappa shape index (κ2) is 7.07. The lowest BCUT2D eigenvalue weighted by atomic mass is 10.1. The fourth-order valence-electron chi connectivity index (χ4n) is 1.41. The summed E-state index contributed by atoms with van der Waals surface area (Å²) in [6.45, 7) is 3.67. The first-order chi connectivity index (χ1) is 7.38. The van der Waals surface area contributed by atoms with Crippen molar-refractivity contribution < 1.29 is 4.74 Å². The normalized spacial score (nSPS) is 10.8. The van der Waals surface area contributed by atoms with Gasteiger partial charge in [-0.25, -0.2) is 0 Å². The standard InChI is InChI=1S/C13H19NO/c1-3-4-10-14-13-8-6-5-7-12(13)9-11-15-2/h3-8,14H,9-11H2,1-2H3/b4-3+. The zero-order valence-electron chi connectivity index (χ0n) is 9.49. The van der Waals surface area contributed by atoms with Gasteiger partial charge in [-0.15, -0.1) is 0 Å². The van der Waals surface area contributed by atoms with Crippen molar-refractivity contribution in [3.05, 3.63) is 42.0 Å². The number of allylic oxidation sites excluding steroid dienone is 1. The Kier molecular flexibility index (Phi) is 5.56. The maximum absolute atomic E-state index is 5.08. The second-order valence-electron chi connectivity index (χ2n) is 3.35. The number of hydrogen-bond acceptors (Lipinski definition) is 2. The van der Waals surface area contributed by atoms with Crippen LogP contribution in [0.3, 0.4) is 0 Å². The summed E-state index contributed by atoms with van der Waals surface area (Å²) in [5.74, 6) is 0. The number of para-hydroxylation sites is 1. The number of rotatable bonds is 6. The van der Waals surface area contributed by atoms with Crippen molar-refractivity contribution in [1.82, 2.24) is 0 Å². The van der Waals surface area contributed by atoms with Gasteiger partial charge in [0, 0.05) is 19.3 Å². The van der Waals surface area contributed by atoms with Crippen LogP contribution in [0.5, 0.6) is 0 Å². The van der Waals surface area contributed by atoms with Crippen molar-refractivity contribution in [2.45, 2.75) is 13.3 Å². The van der Waals surface area contributed by atoms with Crippen LogP contribution in [0.15, 0.2) is 36.4 Å². The Bertz CT molecular complexity index is 307. The van der Waals surface area contributed by atoms with Crippen molar-refractivity contribution in [3.8, 4) is 0 Å². The second-order valence-corrected chi connectivity index (χ2v) is 3.35. The van der Waals surface area contributed by atoms with Crippen LogP contribution in [0.4, 0.5) is 5.69 Å². The molecule has 0 saturated heterocycles. The van der Waals surface area contributed by atoms with E-state index in [0.717, 1.165) is 19.6 Å². The highest BCUT2D eigenvalue weighted by Gasteiger charge is 1.99. The Morgan fingerprint density at radius 2 is 2.13 bits per heavy atom. The van der Waals surface area contributed by atoms with Gasteiger partial charge in [-0.05, 0) is 25.0 Å².